The number of carbonyl (C=O) groups excluding carboxylic acids is 2. The van der Waals surface area contributed by atoms with Gasteiger partial charge in [0.2, 0.25) is 0 Å². The van der Waals surface area contributed by atoms with Crippen LogP contribution in [0, 0.1) is 12.7 Å². The highest BCUT2D eigenvalue weighted by Crippen LogP contribution is 2.34. The Morgan fingerprint density at radius 1 is 1.09 bits per heavy atom. The van der Waals surface area contributed by atoms with Crippen molar-refractivity contribution in [3.8, 4) is 11.1 Å². The summed E-state index contributed by atoms with van der Waals surface area (Å²) in [6.07, 6.45) is 6.23. The van der Waals surface area contributed by atoms with Gasteiger partial charge in [0, 0.05) is 42.6 Å². The van der Waals surface area contributed by atoms with Crippen molar-refractivity contribution in [1.29, 1.82) is 0 Å². The number of nitrogens with one attached hydrogen (secondary N) is 4. The third kappa shape index (κ3) is 8.31. The molecule has 248 valence electrons. The summed E-state index contributed by atoms with van der Waals surface area (Å²) in [6.45, 7) is 7.49. The largest absolute Gasteiger partial charge is 0.444 e. The van der Waals surface area contributed by atoms with Crippen LogP contribution in [0.1, 0.15) is 57.6 Å². The number of halogens is 2. The monoisotopic (exact) mass is 662 g/mol. The van der Waals surface area contributed by atoms with Crippen molar-refractivity contribution >= 4 is 52.1 Å². The maximum Gasteiger partial charge on any atom is 0.407 e. The van der Waals surface area contributed by atoms with E-state index < -0.39 is 17.5 Å². The van der Waals surface area contributed by atoms with Crippen molar-refractivity contribution < 1.29 is 18.7 Å². The predicted molar refractivity (Wildman–Crippen MR) is 184 cm³/mol. The van der Waals surface area contributed by atoms with Crippen LogP contribution in [0.4, 0.5) is 31.0 Å². The normalized spacial score (nSPS) is 16.9. The highest BCUT2D eigenvalue weighted by atomic mass is 35.5. The molecule has 3 amide bonds. The summed E-state index contributed by atoms with van der Waals surface area (Å²) in [4.78, 5) is 28.6. The fourth-order valence-electron chi connectivity index (χ4n) is 5.63. The standard InChI is InChI=1S/C34H40ClFN8O3/c1-19-14-24(41-32(45)38-5)11-12-25(19)20-15-29-30(40-22-7-9-23(10-8-22)42-33(46)47-34(2,3)4)26(17-39-44(29)18-20)31(37)43-28-16-21(36)6-13-27(28)35/h6,11-18,22-23,40H,7-10H2,1-5H3,(H2,37,43)(H,42,46)(H2,38,41,45)/t22-,23-. The Morgan fingerprint density at radius 2 is 1.81 bits per heavy atom. The van der Waals surface area contributed by atoms with Gasteiger partial charge in [0.1, 0.15) is 17.3 Å². The van der Waals surface area contributed by atoms with E-state index in [9.17, 15) is 14.0 Å². The van der Waals surface area contributed by atoms with Crippen LogP contribution in [-0.2, 0) is 4.74 Å². The molecule has 2 heterocycles. The van der Waals surface area contributed by atoms with Crippen LogP contribution in [0.2, 0.25) is 5.02 Å². The van der Waals surface area contributed by atoms with Crippen molar-refractivity contribution in [3.05, 3.63) is 76.8 Å². The first-order chi connectivity index (χ1) is 22.3. The number of hydrogen-bond acceptors (Lipinski definition) is 6. The molecular weight excluding hydrogens is 623 g/mol. The minimum atomic E-state index is -0.567. The van der Waals surface area contributed by atoms with Gasteiger partial charge in [0.15, 0.2) is 0 Å². The number of aromatic nitrogens is 2. The number of rotatable bonds is 7. The summed E-state index contributed by atoms with van der Waals surface area (Å²) in [6, 6.07) is 11.4. The minimum Gasteiger partial charge on any atom is -0.444 e. The Morgan fingerprint density at radius 3 is 2.49 bits per heavy atom. The van der Waals surface area contributed by atoms with Gasteiger partial charge in [-0.05, 0) is 94.8 Å². The summed E-state index contributed by atoms with van der Waals surface area (Å²) in [5, 5.41) is 16.9. The molecule has 0 unspecified atom stereocenters. The van der Waals surface area contributed by atoms with Gasteiger partial charge in [-0.25, -0.2) is 23.5 Å². The molecule has 1 aliphatic carbocycles. The van der Waals surface area contributed by atoms with Gasteiger partial charge in [-0.3, -0.25) is 0 Å². The Labute approximate surface area is 278 Å². The number of carbonyl (C=O) groups is 2. The molecule has 0 bridgehead atoms. The van der Waals surface area contributed by atoms with Crippen LogP contribution < -0.4 is 27.0 Å². The van der Waals surface area contributed by atoms with Gasteiger partial charge in [-0.2, -0.15) is 5.10 Å². The molecule has 11 nitrogen and oxygen atoms in total. The smallest absolute Gasteiger partial charge is 0.407 e. The number of anilines is 2. The second-order valence-corrected chi connectivity index (χ2v) is 13.1. The third-order valence-corrected chi connectivity index (χ3v) is 8.20. The first kappa shape index (κ1) is 33.5. The zero-order chi connectivity index (χ0) is 33.9. The number of fused-ring (bicyclic) bond motifs is 1. The second kappa shape index (κ2) is 13.9. The van der Waals surface area contributed by atoms with Crippen molar-refractivity contribution in [3.63, 3.8) is 0 Å². The Balaban J connectivity index is 1.47. The quantitative estimate of drug-likeness (QED) is 0.105. The number of aryl methyl sites for hydroxylation is 1. The maximum atomic E-state index is 14.0. The van der Waals surface area contributed by atoms with Gasteiger partial charge < -0.3 is 31.7 Å². The number of benzene rings is 2. The number of nitrogens with zero attached hydrogens (tertiary/aromatic N) is 3. The zero-order valence-electron chi connectivity index (χ0n) is 27.1. The van der Waals surface area contributed by atoms with E-state index >= 15 is 0 Å². The highest BCUT2D eigenvalue weighted by molar-refractivity contribution is 6.33. The summed E-state index contributed by atoms with van der Waals surface area (Å²) in [5.41, 5.74) is 11.7. The average Bonchev–Trinajstić information content (AvgIpc) is 3.43. The van der Waals surface area contributed by atoms with Crippen LogP contribution in [0.25, 0.3) is 16.6 Å². The highest BCUT2D eigenvalue weighted by Gasteiger charge is 2.26. The molecule has 1 aliphatic rings. The molecule has 4 aromatic rings. The van der Waals surface area contributed by atoms with Gasteiger partial charge in [0.05, 0.1) is 33.7 Å². The molecule has 1 saturated carbocycles. The van der Waals surface area contributed by atoms with Gasteiger partial charge in [-0.1, -0.05) is 17.7 Å². The van der Waals surface area contributed by atoms with Crippen molar-refractivity contribution in [2.45, 2.75) is 71.1 Å². The molecule has 0 atom stereocenters. The number of hydrogen-bond donors (Lipinski definition) is 5. The van der Waals surface area contributed by atoms with Crippen molar-refractivity contribution in [2.75, 3.05) is 17.7 Å². The van der Waals surface area contributed by atoms with Gasteiger partial charge >= 0.3 is 12.1 Å². The van der Waals surface area contributed by atoms with Crippen LogP contribution >= 0.6 is 11.6 Å². The fourth-order valence-corrected chi connectivity index (χ4v) is 5.79. The number of amidine groups is 1. The van der Waals surface area contributed by atoms with Gasteiger partial charge in [-0.15, -0.1) is 0 Å². The molecule has 2 aromatic heterocycles. The Bertz CT molecular complexity index is 1830. The van der Waals surface area contributed by atoms with Crippen LogP contribution in [0.3, 0.4) is 0 Å². The number of amides is 3. The maximum absolute atomic E-state index is 14.0. The lowest BCUT2D eigenvalue weighted by Gasteiger charge is -2.31. The Hall–Kier alpha value is -4.84. The second-order valence-electron chi connectivity index (χ2n) is 12.7. The molecule has 0 radical (unpaired) electrons. The summed E-state index contributed by atoms with van der Waals surface area (Å²) in [7, 11) is 1.56. The first-order valence-electron chi connectivity index (χ1n) is 15.5. The summed E-state index contributed by atoms with van der Waals surface area (Å²) >= 11 is 6.31. The van der Waals surface area contributed by atoms with E-state index in [1.807, 2.05) is 58.2 Å². The number of nitrogens with two attached hydrogens (primary N) is 1. The minimum absolute atomic E-state index is 0.00493. The third-order valence-electron chi connectivity index (χ3n) is 7.88. The molecule has 0 aliphatic heterocycles. The lowest BCUT2D eigenvalue weighted by atomic mass is 9.91. The summed E-state index contributed by atoms with van der Waals surface area (Å²) < 4.78 is 21.2. The van der Waals surface area contributed by atoms with Crippen molar-refractivity contribution in [2.24, 2.45) is 10.7 Å². The number of aliphatic imine (C=N–C) groups is 1. The van der Waals surface area contributed by atoms with Crippen LogP contribution in [-0.4, -0.2) is 52.3 Å². The van der Waals surface area contributed by atoms with E-state index in [2.05, 4.69) is 31.4 Å². The molecular formula is C34H40ClFN8O3. The van der Waals surface area contributed by atoms with Crippen LogP contribution in [0.5, 0.6) is 0 Å². The average molecular weight is 663 g/mol. The van der Waals surface area contributed by atoms with Crippen LogP contribution in [0.15, 0.2) is 59.9 Å². The molecule has 2 aromatic carbocycles. The fraction of sp³-hybridized carbons (Fsp3) is 0.353. The topological polar surface area (TPSA) is 147 Å². The van der Waals surface area contributed by atoms with Gasteiger partial charge in [0.25, 0.3) is 0 Å². The van der Waals surface area contributed by atoms with E-state index in [-0.39, 0.29) is 34.7 Å². The van der Waals surface area contributed by atoms with E-state index in [1.165, 1.54) is 18.2 Å². The van der Waals surface area contributed by atoms with E-state index in [0.29, 0.717) is 11.3 Å². The predicted octanol–water partition coefficient (Wildman–Crippen LogP) is 7.14. The zero-order valence-corrected chi connectivity index (χ0v) is 27.8. The lowest BCUT2D eigenvalue weighted by Crippen LogP contribution is -2.42. The molecule has 6 N–H and O–H groups in total. The molecule has 1 fully saturated rings. The number of urea groups is 1. The van der Waals surface area contributed by atoms with E-state index in [1.54, 1.807) is 17.8 Å². The summed E-state index contributed by atoms with van der Waals surface area (Å²) in [5.74, 6) is -0.355. The number of alkyl carbamates (subject to hydrolysis) is 1. The van der Waals surface area contributed by atoms with Crippen molar-refractivity contribution in [1.82, 2.24) is 20.2 Å². The SMILES string of the molecule is CNC(=O)Nc1ccc(-c2cc3c(N[C@H]4CC[C@H](NC(=O)OC(C)(C)C)CC4)c(C(N)=Nc4cc(F)ccc4Cl)cnn3c2)c(C)c1. The van der Waals surface area contributed by atoms with E-state index in [0.717, 1.165) is 53.6 Å². The molecule has 0 spiro atoms. The molecule has 0 saturated heterocycles. The molecule has 47 heavy (non-hydrogen) atoms. The number of ether oxygens (including phenoxy) is 1. The Kier molecular flexibility index (Phi) is 9.90. The molecule has 13 heteroatoms. The lowest BCUT2D eigenvalue weighted by molar-refractivity contribution is 0.0492. The van der Waals surface area contributed by atoms with E-state index in [4.69, 9.17) is 22.1 Å². The molecule has 5 rings (SSSR count). The first-order valence-corrected chi connectivity index (χ1v) is 15.8.